The molecule has 1 saturated heterocycles. The summed E-state index contributed by atoms with van der Waals surface area (Å²) < 4.78 is 12.5. The van der Waals surface area contributed by atoms with Gasteiger partial charge in [-0.1, -0.05) is 19.3 Å². The molecule has 0 unspecified atom stereocenters. The Bertz CT molecular complexity index is 790. The standard InChI is InChI=1S/C21H27IN2O3S/c1-4-26-18-13-14(11-16(22)19(18)27-5-2)12-17-20(25)24(21(28)23(17)3)15-9-7-6-8-10-15/h11-13,15H,4-10H2,1-3H3/b17-12-. The molecule has 0 spiro atoms. The van der Waals surface area contributed by atoms with Crippen molar-refractivity contribution in [2.24, 2.45) is 0 Å². The van der Waals surface area contributed by atoms with E-state index in [0.29, 0.717) is 29.8 Å². The van der Waals surface area contributed by atoms with Gasteiger partial charge in [0.05, 0.1) is 16.8 Å². The van der Waals surface area contributed by atoms with Crippen LogP contribution in [0.5, 0.6) is 11.5 Å². The maximum Gasteiger partial charge on any atom is 0.277 e. The number of hydrogen-bond acceptors (Lipinski definition) is 4. The zero-order chi connectivity index (χ0) is 20.3. The molecule has 0 aromatic heterocycles. The molecule has 1 amide bonds. The van der Waals surface area contributed by atoms with Crippen LogP contribution in [-0.4, -0.2) is 47.1 Å². The van der Waals surface area contributed by atoms with Crippen LogP contribution in [0.3, 0.4) is 0 Å². The van der Waals surface area contributed by atoms with E-state index in [0.717, 1.165) is 40.6 Å². The van der Waals surface area contributed by atoms with E-state index in [1.807, 2.05) is 48.9 Å². The molecule has 152 valence electrons. The molecule has 2 aliphatic rings. The van der Waals surface area contributed by atoms with E-state index < -0.39 is 0 Å². The summed E-state index contributed by atoms with van der Waals surface area (Å²) in [7, 11) is 1.87. The number of carbonyl (C=O) groups is 1. The average Bonchev–Trinajstić information content (AvgIpc) is 2.89. The third kappa shape index (κ3) is 4.30. The quantitative estimate of drug-likeness (QED) is 0.310. The summed E-state index contributed by atoms with van der Waals surface area (Å²) in [5.74, 6) is 1.45. The molecular weight excluding hydrogens is 487 g/mol. The minimum absolute atomic E-state index is 0.00116. The topological polar surface area (TPSA) is 42.0 Å². The number of ether oxygens (including phenoxy) is 2. The molecule has 1 aromatic carbocycles. The lowest BCUT2D eigenvalue weighted by Gasteiger charge is -2.30. The van der Waals surface area contributed by atoms with Gasteiger partial charge in [-0.05, 0) is 85.3 Å². The summed E-state index contributed by atoms with van der Waals surface area (Å²) in [6.45, 7) is 5.02. The smallest absolute Gasteiger partial charge is 0.277 e. The second-order valence-corrected chi connectivity index (χ2v) is 8.56. The first kappa shape index (κ1) is 21.4. The van der Waals surface area contributed by atoms with Crippen molar-refractivity contribution in [1.29, 1.82) is 0 Å². The first-order chi connectivity index (χ1) is 13.5. The number of nitrogens with zero attached hydrogens (tertiary/aromatic N) is 2. The number of hydrogen-bond donors (Lipinski definition) is 0. The van der Waals surface area contributed by atoms with Gasteiger partial charge in [0, 0.05) is 13.1 Å². The van der Waals surface area contributed by atoms with Crippen LogP contribution >= 0.6 is 34.8 Å². The van der Waals surface area contributed by atoms with Gasteiger partial charge < -0.3 is 14.4 Å². The Hall–Kier alpha value is -1.35. The van der Waals surface area contributed by atoms with Crippen molar-refractivity contribution >= 4 is 51.9 Å². The Balaban J connectivity index is 1.93. The number of carbonyl (C=O) groups excluding carboxylic acids is 1. The van der Waals surface area contributed by atoms with Crippen LogP contribution in [0.4, 0.5) is 0 Å². The van der Waals surface area contributed by atoms with E-state index >= 15 is 0 Å². The van der Waals surface area contributed by atoms with Crippen LogP contribution in [-0.2, 0) is 4.79 Å². The Morgan fingerprint density at radius 1 is 1.18 bits per heavy atom. The number of likely N-dealkylation sites (N-methyl/N-ethyl adjacent to an activating group) is 1. The minimum Gasteiger partial charge on any atom is -0.490 e. The predicted molar refractivity (Wildman–Crippen MR) is 124 cm³/mol. The number of halogens is 1. The van der Waals surface area contributed by atoms with E-state index in [4.69, 9.17) is 21.7 Å². The summed E-state index contributed by atoms with van der Waals surface area (Å²) in [4.78, 5) is 16.8. The van der Waals surface area contributed by atoms with Crippen LogP contribution < -0.4 is 9.47 Å². The number of thiocarbonyl (C=S) groups is 1. The highest BCUT2D eigenvalue weighted by Crippen LogP contribution is 2.36. The van der Waals surface area contributed by atoms with Gasteiger partial charge in [-0.15, -0.1) is 0 Å². The molecular formula is C21H27IN2O3S. The summed E-state index contributed by atoms with van der Waals surface area (Å²) in [6, 6.07) is 4.16. The molecule has 0 bridgehead atoms. The Morgan fingerprint density at radius 3 is 2.50 bits per heavy atom. The zero-order valence-corrected chi connectivity index (χ0v) is 19.6. The van der Waals surface area contributed by atoms with Gasteiger partial charge in [0.25, 0.3) is 5.91 Å². The van der Waals surface area contributed by atoms with E-state index in [2.05, 4.69) is 22.6 Å². The molecule has 3 rings (SSSR count). The molecule has 0 N–H and O–H groups in total. The van der Waals surface area contributed by atoms with Gasteiger partial charge in [0.1, 0.15) is 5.70 Å². The second-order valence-electron chi connectivity index (χ2n) is 7.03. The fourth-order valence-electron chi connectivity index (χ4n) is 3.81. The first-order valence-corrected chi connectivity index (χ1v) is 11.4. The summed E-state index contributed by atoms with van der Waals surface area (Å²) in [5, 5.41) is 0.605. The molecule has 5 nitrogen and oxygen atoms in total. The van der Waals surface area contributed by atoms with Crippen molar-refractivity contribution in [3.63, 3.8) is 0 Å². The van der Waals surface area contributed by atoms with Crippen molar-refractivity contribution in [3.8, 4) is 11.5 Å². The average molecular weight is 514 g/mol. The molecule has 1 aliphatic heterocycles. The highest BCUT2D eigenvalue weighted by molar-refractivity contribution is 14.1. The monoisotopic (exact) mass is 514 g/mol. The van der Waals surface area contributed by atoms with E-state index in [9.17, 15) is 4.79 Å². The Morgan fingerprint density at radius 2 is 1.86 bits per heavy atom. The fraction of sp³-hybridized carbons (Fsp3) is 0.524. The van der Waals surface area contributed by atoms with Crippen molar-refractivity contribution < 1.29 is 14.3 Å². The SMILES string of the molecule is CCOc1cc(/C=C2/C(=O)N(C3CCCCC3)C(=S)N2C)cc(I)c1OCC. The molecule has 2 fully saturated rings. The van der Waals surface area contributed by atoms with Crippen molar-refractivity contribution in [2.75, 3.05) is 20.3 Å². The summed E-state index contributed by atoms with van der Waals surface area (Å²) in [6.07, 6.45) is 7.53. The van der Waals surface area contributed by atoms with Gasteiger partial charge in [-0.2, -0.15) is 0 Å². The van der Waals surface area contributed by atoms with Gasteiger partial charge in [0.2, 0.25) is 0 Å². The number of amides is 1. The van der Waals surface area contributed by atoms with Crippen LogP contribution in [0.2, 0.25) is 0 Å². The highest BCUT2D eigenvalue weighted by Gasteiger charge is 2.40. The predicted octanol–water partition coefficient (Wildman–Crippen LogP) is 4.82. The number of rotatable bonds is 6. The Labute approximate surface area is 186 Å². The lowest BCUT2D eigenvalue weighted by atomic mass is 9.94. The molecule has 1 aliphatic carbocycles. The zero-order valence-electron chi connectivity index (χ0n) is 16.7. The minimum atomic E-state index is 0.00116. The maximum atomic E-state index is 13.2. The highest BCUT2D eigenvalue weighted by atomic mass is 127. The third-order valence-corrected chi connectivity index (χ3v) is 6.43. The molecule has 0 radical (unpaired) electrons. The largest absolute Gasteiger partial charge is 0.490 e. The van der Waals surface area contributed by atoms with E-state index in [1.165, 1.54) is 6.42 Å². The molecule has 28 heavy (non-hydrogen) atoms. The summed E-state index contributed by atoms with van der Waals surface area (Å²) >= 11 is 7.85. The van der Waals surface area contributed by atoms with Crippen LogP contribution in [0.15, 0.2) is 17.8 Å². The first-order valence-electron chi connectivity index (χ1n) is 9.90. The number of benzene rings is 1. The maximum absolute atomic E-state index is 13.2. The molecule has 0 atom stereocenters. The Kier molecular flexibility index (Phi) is 7.20. The van der Waals surface area contributed by atoms with Crippen molar-refractivity contribution in [3.05, 3.63) is 27.0 Å². The fourth-order valence-corrected chi connectivity index (χ4v) is 4.93. The normalized spacial score (nSPS) is 19.6. The lowest BCUT2D eigenvalue weighted by Crippen LogP contribution is -2.41. The molecule has 1 saturated carbocycles. The van der Waals surface area contributed by atoms with Crippen LogP contribution in [0.25, 0.3) is 6.08 Å². The van der Waals surface area contributed by atoms with Gasteiger partial charge >= 0.3 is 0 Å². The van der Waals surface area contributed by atoms with Crippen LogP contribution in [0, 0.1) is 3.57 Å². The van der Waals surface area contributed by atoms with Gasteiger partial charge in [-0.3, -0.25) is 9.69 Å². The van der Waals surface area contributed by atoms with Gasteiger partial charge in [-0.25, -0.2) is 0 Å². The van der Waals surface area contributed by atoms with Crippen LogP contribution in [0.1, 0.15) is 51.5 Å². The van der Waals surface area contributed by atoms with Crippen molar-refractivity contribution in [2.45, 2.75) is 52.0 Å². The molecule has 1 heterocycles. The van der Waals surface area contributed by atoms with E-state index in [1.54, 1.807) is 0 Å². The lowest BCUT2D eigenvalue weighted by molar-refractivity contribution is -0.124. The third-order valence-electron chi connectivity index (χ3n) is 5.16. The molecule has 1 aromatic rings. The van der Waals surface area contributed by atoms with Crippen molar-refractivity contribution in [1.82, 2.24) is 9.80 Å². The van der Waals surface area contributed by atoms with E-state index in [-0.39, 0.29) is 11.9 Å². The summed E-state index contributed by atoms with van der Waals surface area (Å²) in [5.41, 5.74) is 1.51. The molecule has 7 heteroatoms. The van der Waals surface area contributed by atoms with Gasteiger partial charge in [0.15, 0.2) is 16.6 Å². The second kappa shape index (κ2) is 9.43.